The molecule has 0 saturated carbocycles. The summed E-state index contributed by atoms with van der Waals surface area (Å²) in [5.41, 5.74) is 0.890. The van der Waals surface area contributed by atoms with Gasteiger partial charge < -0.3 is 34.1 Å². The van der Waals surface area contributed by atoms with Crippen molar-refractivity contribution in [1.29, 1.82) is 0 Å². The van der Waals surface area contributed by atoms with E-state index in [1.807, 2.05) is 0 Å². The van der Waals surface area contributed by atoms with Crippen molar-refractivity contribution in [2.45, 2.75) is 13.2 Å². The fourth-order valence-corrected chi connectivity index (χ4v) is 1.80. The van der Waals surface area contributed by atoms with Crippen LogP contribution in [-0.4, -0.2) is 24.9 Å². The van der Waals surface area contributed by atoms with E-state index in [-0.39, 0.29) is 62.4 Å². The SMILES string of the molecule is [Li+].[Li+].[O-]B([O-])OB(OCc1ccccc1O)OCc1ccccc1O. The molecule has 0 spiro atoms. The van der Waals surface area contributed by atoms with E-state index in [1.165, 1.54) is 12.1 Å². The predicted octanol–water partition coefficient (Wildman–Crippen LogP) is -6.45. The fourth-order valence-electron chi connectivity index (χ4n) is 1.80. The quantitative estimate of drug-likeness (QED) is 0.463. The van der Waals surface area contributed by atoms with Crippen LogP contribution in [0.1, 0.15) is 11.1 Å². The summed E-state index contributed by atoms with van der Waals surface area (Å²) < 4.78 is 14.8. The molecule has 25 heavy (non-hydrogen) atoms. The largest absolute Gasteiger partial charge is 1.00 e. The summed E-state index contributed by atoms with van der Waals surface area (Å²) in [4.78, 5) is 0. The van der Waals surface area contributed by atoms with Crippen LogP contribution in [-0.2, 0) is 27.1 Å². The van der Waals surface area contributed by atoms with Crippen molar-refractivity contribution in [3.8, 4) is 11.5 Å². The number of phenols is 2. The zero-order valence-electron chi connectivity index (χ0n) is 14.1. The number of rotatable bonds is 8. The van der Waals surface area contributed by atoms with Crippen molar-refractivity contribution in [2.75, 3.05) is 0 Å². The smallest absolute Gasteiger partial charge is 0.872 e. The molecule has 2 aromatic carbocycles. The van der Waals surface area contributed by atoms with Crippen LogP contribution >= 0.6 is 0 Å². The van der Waals surface area contributed by atoms with Gasteiger partial charge in [0.2, 0.25) is 0 Å². The minimum Gasteiger partial charge on any atom is -0.872 e. The second-order valence-electron chi connectivity index (χ2n) is 4.59. The van der Waals surface area contributed by atoms with E-state index in [1.54, 1.807) is 36.4 Å². The van der Waals surface area contributed by atoms with Crippen molar-refractivity contribution in [1.82, 2.24) is 0 Å². The van der Waals surface area contributed by atoms with Crippen LogP contribution in [0.2, 0.25) is 0 Å². The van der Waals surface area contributed by atoms with Crippen LogP contribution in [0.3, 0.4) is 0 Å². The number of phenolic OH excluding ortho intramolecular Hbond substituents is 2. The Morgan fingerprint density at radius 3 is 1.52 bits per heavy atom. The Morgan fingerprint density at radius 1 is 0.760 bits per heavy atom. The van der Waals surface area contributed by atoms with Gasteiger partial charge in [0.15, 0.2) is 0 Å². The van der Waals surface area contributed by atoms with Crippen molar-refractivity contribution in [3.63, 3.8) is 0 Å². The van der Waals surface area contributed by atoms with Crippen LogP contribution in [0.25, 0.3) is 0 Å². The molecule has 2 rings (SSSR count). The Bertz CT molecular complexity index is 584. The Morgan fingerprint density at radius 2 is 1.16 bits per heavy atom. The van der Waals surface area contributed by atoms with Gasteiger partial charge in [0.25, 0.3) is 0 Å². The molecule has 0 aliphatic heterocycles. The number of benzene rings is 2. The normalized spacial score (nSPS) is 9.68. The zero-order valence-corrected chi connectivity index (χ0v) is 14.1. The summed E-state index contributed by atoms with van der Waals surface area (Å²) in [5.74, 6) is 0.0144. The van der Waals surface area contributed by atoms with Gasteiger partial charge in [-0.05, 0) is 12.1 Å². The van der Waals surface area contributed by atoms with E-state index in [9.17, 15) is 20.3 Å². The molecule has 0 aliphatic rings. The maximum atomic E-state index is 10.7. The maximum absolute atomic E-state index is 10.7. The Hall–Kier alpha value is -0.835. The monoisotopic (exact) mass is 330 g/mol. The fraction of sp³-hybridized carbons (Fsp3) is 0.143. The minimum atomic E-state index is -2.59. The first-order valence-corrected chi connectivity index (χ1v) is 6.80. The summed E-state index contributed by atoms with van der Waals surface area (Å²) in [6.45, 7) is -0.240. The molecule has 0 saturated heterocycles. The van der Waals surface area contributed by atoms with E-state index in [4.69, 9.17) is 9.31 Å². The molecule has 0 atom stereocenters. The summed E-state index contributed by atoms with van der Waals surface area (Å²) in [5, 5.41) is 40.6. The first-order chi connectivity index (χ1) is 11.1. The van der Waals surface area contributed by atoms with Crippen LogP contribution in [0.5, 0.6) is 11.5 Å². The van der Waals surface area contributed by atoms with E-state index in [2.05, 4.69) is 4.57 Å². The number of aromatic hydroxyl groups is 2. The maximum Gasteiger partial charge on any atom is 1.00 e. The number of para-hydroxylation sites is 2. The second-order valence-corrected chi connectivity index (χ2v) is 4.59. The third-order valence-corrected chi connectivity index (χ3v) is 2.96. The molecule has 0 bridgehead atoms. The predicted molar refractivity (Wildman–Crippen MR) is 78.4 cm³/mol. The number of hydrogen-bond acceptors (Lipinski definition) is 7. The molecule has 0 radical (unpaired) electrons. The second kappa shape index (κ2) is 12.5. The molecule has 0 amide bonds. The molecule has 0 unspecified atom stereocenters. The minimum absolute atomic E-state index is 0. The van der Waals surface area contributed by atoms with Gasteiger partial charge in [0.05, 0.1) is 13.2 Å². The van der Waals surface area contributed by atoms with E-state index in [0.717, 1.165) is 0 Å². The van der Waals surface area contributed by atoms with E-state index in [0.29, 0.717) is 11.1 Å². The number of hydrogen-bond donors (Lipinski definition) is 2. The van der Waals surface area contributed by atoms with Gasteiger partial charge in [-0.2, -0.15) is 0 Å². The summed E-state index contributed by atoms with van der Waals surface area (Å²) in [6, 6.07) is 12.9. The summed E-state index contributed by atoms with van der Waals surface area (Å²) in [7, 11) is -4.11. The first kappa shape index (κ1) is 24.2. The molecule has 2 N–H and O–H groups in total. The van der Waals surface area contributed by atoms with Crippen LogP contribution in [0, 0.1) is 0 Å². The van der Waals surface area contributed by atoms with Crippen LogP contribution in [0.15, 0.2) is 48.5 Å². The molecule has 0 fully saturated rings. The average molecular weight is 330 g/mol. The van der Waals surface area contributed by atoms with Gasteiger partial charge in [-0.1, -0.05) is 36.4 Å². The average Bonchev–Trinajstić information content (AvgIpc) is 2.52. The molecule has 11 heteroatoms. The van der Waals surface area contributed by atoms with Crippen LogP contribution < -0.4 is 47.8 Å². The first-order valence-electron chi connectivity index (χ1n) is 6.80. The molecule has 7 nitrogen and oxygen atoms in total. The zero-order chi connectivity index (χ0) is 16.7. The molecule has 2 aromatic rings. The topological polar surface area (TPSA) is 114 Å². The molecule has 0 aromatic heterocycles. The van der Waals surface area contributed by atoms with E-state index >= 15 is 0 Å². The van der Waals surface area contributed by atoms with Crippen molar-refractivity contribution in [2.24, 2.45) is 0 Å². The Labute approximate surface area is 170 Å². The van der Waals surface area contributed by atoms with Gasteiger partial charge in [0, 0.05) is 18.4 Å². The van der Waals surface area contributed by atoms with Gasteiger partial charge in [-0.3, -0.25) is 0 Å². The molecular formula is C14H14B2Li2O7. The standard InChI is InChI=1S/C14H14B2O7.2Li/c17-13-7-3-1-5-11(13)9-21-16(23-15(19)20)22-10-12-6-2-4-8-14(12)18;;/h1-8,17-18H,9-10H2;;/q-2;2*+1. The Kier molecular flexibility index (Phi) is 12.1. The van der Waals surface area contributed by atoms with Gasteiger partial charge in [0.1, 0.15) is 11.5 Å². The van der Waals surface area contributed by atoms with Gasteiger partial charge in [-0.25, -0.2) is 0 Å². The van der Waals surface area contributed by atoms with Crippen molar-refractivity contribution < 1.29 is 71.9 Å². The molecular weight excluding hydrogens is 316 g/mol. The summed E-state index contributed by atoms with van der Waals surface area (Å²) in [6.07, 6.45) is 0. The molecule has 0 aliphatic carbocycles. The molecule has 0 heterocycles. The van der Waals surface area contributed by atoms with Crippen molar-refractivity contribution in [3.05, 3.63) is 59.7 Å². The van der Waals surface area contributed by atoms with Crippen molar-refractivity contribution >= 4 is 14.6 Å². The van der Waals surface area contributed by atoms with E-state index < -0.39 is 14.6 Å². The van der Waals surface area contributed by atoms with Gasteiger partial charge >= 0.3 is 45.0 Å². The van der Waals surface area contributed by atoms with Gasteiger partial charge in [-0.15, -0.1) is 0 Å². The molecule has 120 valence electrons. The Balaban J connectivity index is 0.00000288. The van der Waals surface area contributed by atoms with Crippen LogP contribution in [0.4, 0.5) is 0 Å². The summed E-state index contributed by atoms with van der Waals surface area (Å²) >= 11 is 0. The third-order valence-electron chi connectivity index (χ3n) is 2.96. The third kappa shape index (κ3) is 8.39.